The monoisotopic (exact) mass is 272 g/mol. The quantitative estimate of drug-likeness (QED) is 0.396. The van der Waals surface area contributed by atoms with Gasteiger partial charge in [0.05, 0.1) is 10.6 Å². The van der Waals surface area contributed by atoms with Gasteiger partial charge in [-0.2, -0.15) is 11.8 Å². The van der Waals surface area contributed by atoms with Crippen molar-refractivity contribution >= 4 is 11.8 Å². The molecule has 0 spiro atoms. The van der Waals surface area contributed by atoms with Crippen LogP contribution in [0.25, 0.3) is 0 Å². The van der Waals surface area contributed by atoms with E-state index >= 15 is 0 Å². The summed E-state index contributed by atoms with van der Waals surface area (Å²) in [5.41, 5.74) is 0.896. The van der Waals surface area contributed by atoms with E-state index in [-0.39, 0.29) is 0 Å². The van der Waals surface area contributed by atoms with Crippen LogP contribution in [0.15, 0.2) is 28.9 Å². The van der Waals surface area contributed by atoms with Gasteiger partial charge in [0.1, 0.15) is 6.26 Å². The summed E-state index contributed by atoms with van der Waals surface area (Å²) in [5, 5.41) is 20.0. The molecule has 0 aliphatic rings. The standard InChI is InChI=1S/C10H16N4O3S/c1-2-11-10(7-14(15)16)12-4-6-18-8-9-3-5-17-13-9/h3,5,7,11-12H,2,4,6,8H2,1H3/b10-7-. The molecular formula is C10H16N4O3S. The van der Waals surface area contributed by atoms with Crippen LogP contribution in [-0.2, 0) is 5.75 Å². The summed E-state index contributed by atoms with van der Waals surface area (Å²) in [6, 6.07) is 1.82. The molecule has 0 aliphatic carbocycles. The lowest BCUT2D eigenvalue weighted by molar-refractivity contribution is -0.404. The maximum absolute atomic E-state index is 10.4. The van der Waals surface area contributed by atoms with Crippen LogP contribution in [0.5, 0.6) is 0 Å². The molecule has 1 heterocycles. The van der Waals surface area contributed by atoms with Gasteiger partial charge >= 0.3 is 0 Å². The van der Waals surface area contributed by atoms with Crippen molar-refractivity contribution in [2.45, 2.75) is 12.7 Å². The van der Waals surface area contributed by atoms with Crippen molar-refractivity contribution in [2.75, 3.05) is 18.8 Å². The molecule has 7 nitrogen and oxygen atoms in total. The lowest BCUT2D eigenvalue weighted by Gasteiger charge is -2.08. The van der Waals surface area contributed by atoms with Gasteiger partial charge in [-0.05, 0) is 6.92 Å². The fraction of sp³-hybridized carbons (Fsp3) is 0.500. The van der Waals surface area contributed by atoms with Crippen LogP contribution < -0.4 is 10.6 Å². The largest absolute Gasteiger partial charge is 0.367 e. The van der Waals surface area contributed by atoms with E-state index < -0.39 is 4.92 Å². The van der Waals surface area contributed by atoms with Gasteiger partial charge in [0.15, 0.2) is 5.82 Å². The van der Waals surface area contributed by atoms with Gasteiger partial charge in [-0.1, -0.05) is 5.16 Å². The Balaban J connectivity index is 2.16. The second-order valence-corrected chi connectivity index (χ2v) is 4.43. The minimum absolute atomic E-state index is 0.435. The van der Waals surface area contributed by atoms with E-state index in [4.69, 9.17) is 4.52 Å². The molecule has 0 fully saturated rings. The first-order valence-corrected chi connectivity index (χ1v) is 6.68. The van der Waals surface area contributed by atoms with Crippen LogP contribution in [0.3, 0.4) is 0 Å². The SMILES string of the molecule is CCN/C(=C/[N+](=O)[O-])NCCSCc1ccon1. The highest BCUT2D eigenvalue weighted by Crippen LogP contribution is 2.08. The minimum Gasteiger partial charge on any atom is -0.367 e. The predicted octanol–water partition coefficient (Wildman–Crippen LogP) is 1.18. The number of hydrogen-bond donors (Lipinski definition) is 2. The molecule has 0 saturated heterocycles. The van der Waals surface area contributed by atoms with Gasteiger partial charge < -0.3 is 15.2 Å². The second-order valence-electron chi connectivity index (χ2n) is 3.33. The highest BCUT2D eigenvalue weighted by atomic mass is 32.2. The summed E-state index contributed by atoms with van der Waals surface area (Å²) < 4.78 is 4.71. The number of rotatable bonds is 9. The molecule has 100 valence electrons. The Morgan fingerprint density at radius 3 is 3.11 bits per heavy atom. The van der Waals surface area contributed by atoms with Gasteiger partial charge in [-0.15, -0.1) is 0 Å². The van der Waals surface area contributed by atoms with E-state index in [0.29, 0.717) is 18.9 Å². The van der Waals surface area contributed by atoms with Gasteiger partial charge in [-0.3, -0.25) is 10.1 Å². The molecule has 0 aromatic carbocycles. The van der Waals surface area contributed by atoms with Crippen LogP contribution in [0.2, 0.25) is 0 Å². The maximum Gasteiger partial charge on any atom is 0.274 e. The smallest absolute Gasteiger partial charge is 0.274 e. The molecule has 0 amide bonds. The van der Waals surface area contributed by atoms with E-state index in [1.54, 1.807) is 11.8 Å². The average Bonchev–Trinajstić information content (AvgIpc) is 2.81. The van der Waals surface area contributed by atoms with Crippen LogP contribution in [0.1, 0.15) is 12.6 Å². The first kappa shape index (κ1) is 14.4. The van der Waals surface area contributed by atoms with Crippen LogP contribution in [-0.4, -0.2) is 28.9 Å². The predicted molar refractivity (Wildman–Crippen MR) is 69.4 cm³/mol. The molecule has 0 radical (unpaired) electrons. The zero-order valence-electron chi connectivity index (χ0n) is 10.1. The fourth-order valence-corrected chi connectivity index (χ4v) is 1.95. The zero-order valence-corrected chi connectivity index (χ0v) is 10.9. The minimum atomic E-state index is -0.479. The first-order valence-electron chi connectivity index (χ1n) is 5.52. The van der Waals surface area contributed by atoms with Gasteiger partial charge in [0, 0.05) is 30.7 Å². The first-order chi connectivity index (χ1) is 8.72. The Hall–Kier alpha value is -1.70. The number of aromatic nitrogens is 1. The Morgan fingerprint density at radius 1 is 1.67 bits per heavy atom. The summed E-state index contributed by atoms with van der Waals surface area (Å²) in [4.78, 5) is 9.88. The Morgan fingerprint density at radius 2 is 2.50 bits per heavy atom. The third-order valence-electron chi connectivity index (χ3n) is 1.90. The molecule has 0 aliphatic heterocycles. The normalized spacial score (nSPS) is 11.3. The number of nitrogens with zero attached hydrogens (tertiary/aromatic N) is 2. The maximum atomic E-state index is 10.4. The molecule has 0 saturated carbocycles. The van der Waals surface area contributed by atoms with Crippen molar-refractivity contribution in [1.82, 2.24) is 15.8 Å². The van der Waals surface area contributed by atoms with Crippen molar-refractivity contribution in [3.05, 3.63) is 40.2 Å². The topological polar surface area (TPSA) is 93.2 Å². The van der Waals surface area contributed by atoms with E-state index in [0.717, 1.165) is 23.4 Å². The summed E-state index contributed by atoms with van der Waals surface area (Å²) in [7, 11) is 0. The van der Waals surface area contributed by atoms with Gasteiger partial charge in [-0.25, -0.2) is 0 Å². The van der Waals surface area contributed by atoms with Crippen molar-refractivity contribution in [3.63, 3.8) is 0 Å². The molecule has 8 heteroatoms. The summed E-state index contributed by atoms with van der Waals surface area (Å²) in [6.45, 7) is 3.17. The Bertz CT molecular complexity index is 380. The molecule has 1 aromatic heterocycles. The van der Waals surface area contributed by atoms with E-state index in [1.807, 2.05) is 13.0 Å². The molecule has 2 N–H and O–H groups in total. The third-order valence-corrected chi connectivity index (χ3v) is 2.90. The molecule has 0 bridgehead atoms. The van der Waals surface area contributed by atoms with Crippen LogP contribution >= 0.6 is 11.8 Å². The molecule has 0 atom stereocenters. The summed E-state index contributed by atoms with van der Waals surface area (Å²) in [6.07, 6.45) is 2.48. The molecule has 1 aromatic rings. The van der Waals surface area contributed by atoms with Gasteiger partial charge in [0.25, 0.3) is 6.20 Å². The summed E-state index contributed by atoms with van der Waals surface area (Å²) in [5.74, 6) is 2.03. The Kier molecular flexibility index (Phi) is 6.70. The van der Waals surface area contributed by atoms with Crippen LogP contribution in [0.4, 0.5) is 0 Å². The van der Waals surface area contributed by atoms with Crippen LogP contribution in [0, 0.1) is 10.1 Å². The molecule has 1 rings (SSSR count). The molecule has 18 heavy (non-hydrogen) atoms. The third kappa shape index (κ3) is 6.14. The van der Waals surface area contributed by atoms with E-state index in [9.17, 15) is 10.1 Å². The van der Waals surface area contributed by atoms with Gasteiger partial charge in [0.2, 0.25) is 0 Å². The fourth-order valence-electron chi connectivity index (χ4n) is 1.20. The van der Waals surface area contributed by atoms with Crippen molar-refractivity contribution < 1.29 is 9.45 Å². The average molecular weight is 272 g/mol. The lowest BCUT2D eigenvalue weighted by atomic mass is 10.5. The number of nitrogens with one attached hydrogen (secondary N) is 2. The lowest BCUT2D eigenvalue weighted by Crippen LogP contribution is -2.28. The van der Waals surface area contributed by atoms with Crippen molar-refractivity contribution in [2.24, 2.45) is 0 Å². The summed E-state index contributed by atoms with van der Waals surface area (Å²) >= 11 is 1.68. The molecular weight excluding hydrogens is 256 g/mol. The molecule has 0 unspecified atom stereocenters. The Labute approximate surface area is 109 Å². The highest BCUT2D eigenvalue weighted by Gasteiger charge is 2.01. The second kappa shape index (κ2) is 8.40. The highest BCUT2D eigenvalue weighted by molar-refractivity contribution is 7.98. The van der Waals surface area contributed by atoms with Crippen molar-refractivity contribution in [3.8, 4) is 0 Å². The number of hydrogen-bond acceptors (Lipinski definition) is 7. The zero-order chi connectivity index (χ0) is 13.2. The van der Waals surface area contributed by atoms with E-state index in [2.05, 4.69) is 15.8 Å². The van der Waals surface area contributed by atoms with E-state index in [1.165, 1.54) is 6.26 Å². The van der Waals surface area contributed by atoms with Crippen molar-refractivity contribution in [1.29, 1.82) is 0 Å². The number of thioether (sulfide) groups is 1. The number of nitro groups is 1.